The summed E-state index contributed by atoms with van der Waals surface area (Å²) in [6.45, 7) is 1.77. The Bertz CT molecular complexity index is 856. The average Bonchev–Trinajstić information content (AvgIpc) is 2.89. The standard InChI is InChI=1S/C19H18FN3O3/c1-2-19(14-9-4-3-5-10-14)17(25)23(18(26)21-19)22-16(24)12-13-8-6-7-11-15(13)20/h3-11H,2,12H2,1H3,(H,21,26)(H,22,24)/t19-/m1/s1. The van der Waals surface area contributed by atoms with Gasteiger partial charge in [-0.1, -0.05) is 55.5 Å². The van der Waals surface area contributed by atoms with Crippen LogP contribution >= 0.6 is 0 Å². The van der Waals surface area contributed by atoms with Crippen LogP contribution in [-0.4, -0.2) is 22.9 Å². The maximum Gasteiger partial charge on any atom is 0.344 e. The second-order valence-corrected chi connectivity index (χ2v) is 6.00. The first-order valence-corrected chi connectivity index (χ1v) is 8.23. The number of halogens is 1. The van der Waals surface area contributed by atoms with Crippen molar-refractivity contribution in [1.29, 1.82) is 0 Å². The highest BCUT2D eigenvalue weighted by Gasteiger charge is 2.52. The van der Waals surface area contributed by atoms with Crippen molar-refractivity contribution in [2.24, 2.45) is 0 Å². The minimum atomic E-state index is -1.23. The maximum absolute atomic E-state index is 13.7. The van der Waals surface area contributed by atoms with Crippen molar-refractivity contribution in [3.63, 3.8) is 0 Å². The van der Waals surface area contributed by atoms with Crippen LogP contribution in [-0.2, 0) is 21.5 Å². The highest BCUT2D eigenvalue weighted by atomic mass is 19.1. The Hall–Kier alpha value is -3.22. The van der Waals surface area contributed by atoms with Crippen molar-refractivity contribution < 1.29 is 18.8 Å². The van der Waals surface area contributed by atoms with Crippen molar-refractivity contribution in [3.8, 4) is 0 Å². The molecule has 2 aromatic rings. The molecule has 7 heteroatoms. The van der Waals surface area contributed by atoms with Gasteiger partial charge in [-0.2, -0.15) is 5.01 Å². The molecule has 1 aliphatic heterocycles. The number of hydrogen-bond donors (Lipinski definition) is 2. The zero-order valence-corrected chi connectivity index (χ0v) is 14.2. The Morgan fingerprint density at radius 2 is 1.77 bits per heavy atom. The summed E-state index contributed by atoms with van der Waals surface area (Å²) in [6.07, 6.45) is 0.0372. The molecule has 0 bridgehead atoms. The summed E-state index contributed by atoms with van der Waals surface area (Å²) in [6, 6.07) is 14.0. The summed E-state index contributed by atoms with van der Waals surface area (Å²) in [4.78, 5) is 37.4. The van der Waals surface area contributed by atoms with E-state index >= 15 is 0 Å². The van der Waals surface area contributed by atoms with Crippen LogP contribution in [0.5, 0.6) is 0 Å². The number of hydrogen-bond acceptors (Lipinski definition) is 3. The summed E-state index contributed by atoms with van der Waals surface area (Å²) < 4.78 is 13.7. The molecule has 2 aromatic carbocycles. The van der Waals surface area contributed by atoms with E-state index in [0.717, 1.165) is 0 Å². The normalized spacial score (nSPS) is 19.4. The largest absolute Gasteiger partial charge is 0.344 e. The fourth-order valence-corrected chi connectivity index (χ4v) is 3.02. The van der Waals surface area contributed by atoms with Gasteiger partial charge in [0.25, 0.3) is 5.91 Å². The van der Waals surface area contributed by atoms with Crippen LogP contribution in [0.15, 0.2) is 54.6 Å². The third-order valence-corrected chi connectivity index (χ3v) is 4.43. The van der Waals surface area contributed by atoms with E-state index in [1.807, 2.05) is 6.07 Å². The molecule has 6 nitrogen and oxygen atoms in total. The van der Waals surface area contributed by atoms with E-state index in [9.17, 15) is 18.8 Å². The number of hydrazine groups is 1. The highest BCUT2D eigenvalue weighted by Crippen LogP contribution is 2.31. The number of nitrogens with zero attached hydrogens (tertiary/aromatic N) is 1. The second-order valence-electron chi connectivity index (χ2n) is 6.00. The van der Waals surface area contributed by atoms with Crippen molar-refractivity contribution in [1.82, 2.24) is 15.8 Å². The van der Waals surface area contributed by atoms with Gasteiger partial charge in [0, 0.05) is 0 Å². The minimum absolute atomic E-state index is 0.182. The molecule has 3 rings (SSSR count). The number of benzene rings is 2. The van der Waals surface area contributed by atoms with E-state index in [0.29, 0.717) is 17.0 Å². The van der Waals surface area contributed by atoms with E-state index in [1.54, 1.807) is 37.3 Å². The first-order valence-electron chi connectivity index (χ1n) is 8.23. The SMILES string of the molecule is CC[C@]1(c2ccccc2)NC(=O)N(NC(=O)Cc2ccccc2F)C1=O. The van der Waals surface area contributed by atoms with Crippen LogP contribution in [0, 0.1) is 5.82 Å². The minimum Gasteiger partial charge on any atom is -0.318 e. The van der Waals surface area contributed by atoms with Crippen LogP contribution in [0.25, 0.3) is 0 Å². The van der Waals surface area contributed by atoms with Gasteiger partial charge in [-0.05, 0) is 23.6 Å². The van der Waals surface area contributed by atoms with Gasteiger partial charge in [0.15, 0.2) is 0 Å². The molecule has 1 heterocycles. The summed E-state index contributed by atoms with van der Waals surface area (Å²) in [5, 5.41) is 3.33. The number of imide groups is 1. The molecule has 0 radical (unpaired) electrons. The van der Waals surface area contributed by atoms with E-state index in [2.05, 4.69) is 10.7 Å². The molecule has 1 aliphatic rings. The molecule has 2 N–H and O–H groups in total. The average molecular weight is 355 g/mol. The van der Waals surface area contributed by atoms with Crippen molar-refractivity contribution in [2.45, 2.75) is 25.3 Å². The maximum atomic E-state index is 13.7. The Balaban J connectivity index is 1.79. The Morgan fingerprint density at radius 3 is 2.42 bits per heavy atom. The first-order chi connectivity index (χ1) is 12.5. The summed E-state index contributed by atoms with van der Waals surface area (Å²) in [5.41, 5.74) is 1.86. The summed E-state index contributed by atoms with van der Waals surface area (Å²) in [7, 11) is 0. The topological polar surface area (TPSA) is 78.5 Å². The monoisotopic (exact) mass is 355 g/mol. The molecular weight excluding hydrogens is 337 g/mol. The smallest absolute Gasteiger partial charge is 0.318 e. The predicted molar refractivity (Wildman–Crippen MR) is 92.0 cm³/mol. The zero-order chi connectivity index (χ0) is 18.7. The summed E-state index contributed by atoms with van der Waals surface area (Å²) in [5.74, 6) is -1.75. The lowest BCUT2D eigenvalue weighted by atomic mass is 9.87. The zero-order valence-electron chi connectivity index (χ0n) is 14.2. The molecule has 4 amide bonds. The molecule has 1 fully saturated rings. The number of nitrogens with one attached hydrogen (secondary N) is 2. The Labute approximate surface area is 150 Å². The van der Waals surface area contributed by atoms with E-state index in [4.69, 9.17) is 0 Å². The first kappa shape index (κ1) is 17.6. The van der Waals surface area contributed by atoms with Gasteiger partial charge in [0.2, 0.25) is 5.91 Å². The fraction of sp³-hybridized carbons (Fsp3) is 0.211. The van der Waals surface area contributed by atoms with E-state index < -0.39 is 29.2 Å². The van der Waals surface area contributed by atoms with Gasteiger partial charge in [-0.25, -0.2) is 9.18 Å². The number of carbonyl (C=O) groups excluding carboxylic acids is 3. The number of rotatable bonds is 5. The lowest BCUT2D eigenvalue weighted by molar-refractivity contribution is -0.139. The second kappa shape index (κ2) is 6.95. The fourth-order valence-electron chi connectivity index (χ4n) is 3.02. The molecule has 0 spiro atoms. The molecule has 26 heavy (non-hydrogen) atoms. The lowest BCUT2D eigenvalue weighted by Gasteiger charge is -2.25. The van der Waals surface area contributed by atoms with Gasteiger partial charge in [0.05, 0.1) is 6.42 Å². The third kappa shape index (κ3) is 3.03. The Morgan fingerprint density at radius 1 is 1.12 bits per heavy atom. The van der Waals surface area contributed by atoms with Gasteiger partial charge in [0.1, 0.15) is 11.4 Å². The van der Waals surface area contributed by atoms with Crippen LogP contribution < -0.4 is 10.7 Å². The molecule has 0 saturated carbocycles. The quantitative estimate of drug-likeness (QED) is 0.808. The van der Waals surface area contributed by atoms with Crippen LogP contribution in [0.2, 0.25) is 0 Å². The van der Waals surface area contributed by atoms with Gasteiger partial charge in [-0.3, -0.25) is 15.0 Å². The molecule has 0 unspecified atom stereocenters. The number of urea groups is 1. The molecule has 0 aromatic heterocycles. The van der Waals surface area contributed by atoms with Gasteiger partial charge in [-0.15, -0.1) is 0 Å². The van der Waals surface area contributed by atoms with E-state index in [-0.39, 0.29) is 12.0 Å². The van der Waals surface area contributed by atoms with Crippen molar-refractivity contribution >= 4 is 17.8 Å². The van der Waals surface area contributed by atoms with E-state index in [1.165, 1.54) is 18.2 Å². The molecule has 0 aliphatic carbocycles. The molecule has 1 atom stereocenters. The molecule has 1 saturated heterocycles. The third-order valence-electron chi connectivity index (χ3n) is 4.43. The molecule has 134 valence electrons. The van der Waals surface area contributed by atoms with Crippen LogP contribution in [0.4, 0.5) is 9.18 Å². The van der Waals surface area contributed by atoms with Crippen LogP contribution in [0.1, 0.15) is 24.5 Å². The predicted octanol–water partition coefficient (Wildman–Crippen LogP) is 2.26. The number of carbonyl (C=O) groups is 3. The number of amides is 4. The van der Waals surface area contributed by atoms with Crippen LogP contribution in [0.3, 0.4) is 0 Å². The van der Waals surface area contributed by atoms with Gasteiger partial charge < -0.3 is 5.32 Å². The Kier molecular flexibility index (Phi) is 4.71. The van der Waals surface area contributed by atoms with Gasteiger partial charge >= 0.3 is 6.03 Å². The van der Waals surface area contributed by atoms with Crippen molar-refractivity contribution in [2.75, 3.05) is 0 Å². The summed E-state index contributed by atoms with van der Waals surface area (Å²) >= 11 is 0. The highest BCUT2D eigenvalue weighted by molar-refractivity contribution is 6.08. The molecular formula is C19H18FN3O3. The van der Waals surface area contributed by atoms with Crippen molar-refractivity contribution in [3.05, 3.63) is 71.5 Å². The lowest BCUT2D eigenvalue weighted by Crippen LogP contribution is -2.49.